The van der Waals surface area contributed by atoms with Crippen LogP contribution in [0, 0.1) is 12.8 Å². The van der Waals surface area contributed by atoms with Gasteiger partial charge in [-0.2, -0.15) is 0 Å². The lowest BCUT2D eigenvalue weighted by atomic mass is 9.97. The number of carbonyl (C=O) groups excluding carboxylic acids is 2. The minimum Gasteiger partial charge on any atom is -0.350 e. The van der Waals surface area contributed by atoms with Crippen LogP contribution in [0.2, 0.25) is 0 Å². The highest BCUT2D eigenvalue weighted by Gasteiger charge is 2.29. The molecule has 3 heterocycles. The van der Waals surface area contributed by atoms with Gasteiger partial charge in [0.1, 0.15) is 5.69 Å². The molecule has 2 aromatic heterocycles. The van der Waals surface area contributed by atoms with Gasteiger partial charge in [0.15, 0.2) is 0 Å². The second kappa shape index (κ2) is 7.83. The van der Waals surface area contributed by atoms with Gasteiger partial charge in [-0.3, -0.25) is 19.6 Å². The number of hydrogen-bond donors (Lipinski definition) is 1. The van der Waals surface area contributed by atoms with Crippen molar-refractivity contribution >= 4 is 11.8 Å². The Morgan fingerprint density at radius 3 is 2.84 bits per heavy atom. The zero-order valence-electron chi connectivity index (χ0n) is 14.2. The van der Waals surface area contributed by atoms with Crippen LogP contribution in [0.15, 0.2) is 36.8 Å². The highest BCUT2D eigenvalue weighted by molar-refractivity contribution is 5.92. The Kier molecular flexibility index (Phi) is 5.33. The first-order valence-corrected chi connectivity index (χ1v) is 8.39. The number of piperidine rings is 1. The monoisotopic (exact) mass is 339 g/mol. The smallest absolute Gasteiger partial charge is 0.274 e. The van der Waals surface area contributed by atoms with E-state index in [1.807, 2.05) is 25.1 Å². The summed E-state index contributed by atoms with van der Waals surface area (Å²) < 4.78 is 0. The maximum absolute atomic E-state index is 12.5. The summed E-state index contributed by atoms with van der Waals surface area (Å²) in [6, 6.07) is 5.59. The van der Waals surface area contributed by atoms with E-state index < -0.39 is 0 Å². The topological polar surface area (TPSA) is 88.1 Å². The first-order valence-electron chi connectivity index (χ1n) is 8.39. The van der Waals surface area contributed by atoms with Gasteiger partial charge in [-0.1, -0.05) is 6.07 Å². The van der Waals surface area contributed by atoms with E-state index in [1.54, 1.807) is 17.3 Å². The van der Waals surface area contributed by atoms with E-state index in [0.717, 1.165) is 24.2 Å². The molecule has 2 amide bonds. The Balaban J connectivity index is 1.57. The number of aryl methyl sites for hydroxylation is 1. The van der Waals surface area contributed by atoms with Gasteiger partial charge in [-0.15, -0.1) is 0 Å². The van der Waals surface area contributed by atoms with Crippen LogP contribution in [0.1, 0.15) is 34.7 Å². The van der Waals surface area contributed by atoms with Crippen LogP contribution in [0.4, 0.5) is 0 Å². The van der Waals surface area contributed by atoms with Crippen LogP contribution < -0.4 is 5.32 Å². The van der Waals surface area contributed by atoms with Gasteiger partial charge in [0.2, 0.25) is 5.91 Å². The maximum atomic E-state index is 12.5. The zero-order chi connectivity index (χ0) is 17.6. The Labute approximate surface area is 146 Å². The van der Waals surface area contributed by atoms with E-state index in [4.69, 9.17) is 0 Å². The minimum atomic E-state index is -0.209. The number of nitrogens with zero attached hydrogens (tertiary/aromatic N) is 4. The summed E-state index contributed by atoms with van der Waals surface area (Å²) >= 11 is 0. The van der Waals surface area contributed by atoms with E-state index in [-0.39, 0.29) is 17.7 Å². The van der Waals surface area contributed by atoms with Gasteiger partial charge >= 0.3 is 0 Å². The molecule has 0 aliphatic carbocycles. The number of carbonyl (C=O) groups is 2. The number of likely N-dealkylation sites (tertiary alicyclic amines) is 1. The van der Waals surface area contributed by atoms with Crippen molar-refractivity contribution in [3.05, 3.63) is 53.9 Å². The Bertz CT molecular complexity index is 733. The minimum absolute atomic E-state index is 0.0434. The van der Waals surface area contributed by atoms with Crippen molar-refractivity contribution in [1.82, 2.24) is 25.2 Å². The number of nitrogens with one attached hydrogen (secondary N) is 1. The lowest BCUT2D eigenvalue weighted by Gasteiger charge is -2.31. The molecule has 0 spiro atoms. The Hall–Kier alpha value is -2.83. The number of aromatic nitrogens is 3. The molecule has 1 atom stereocenters. The summed E-state index contributed by atoms with van der Waals surface area (Å²) in [4.78, 5) is 39.1. The van der Waals surface area contributed by atoms with Gasteiger partial charge in [-0.05, 0) is 31.9 Å². The highest BCUT2D eigenvalue weighted by atomic mass is 16.2. The summed E-state index contributed by atoms with van der Waals surface area (Å²) in [7, 11) is 0. The number of amides is 2. The van der Waals surface area contributed by atoms with Crippen LogP contribution in [-0.2, 0) is 11.3 Å². The average Bonchev–Trinajstić information content (AvgIpc) is 2.67. The van der Waals surface area contributed by atoms with Gasteiger partial charge < -0.3 is 10.2 Å². The third-order valence-electron chi connectivity index (χ3n) is 4.25. The molecule has 2 aromatic rings. The molecule has 1 saturated heterocycles. The molecule has 0 saturated carbocycles. The Morgan fingerprint density at radius 2 is 2.12 bits per heavy atom. The molecule has 1 aliphatic rings. The van der Waals surface area contributed by atoms with Gasteiger partial charge in [0, 0.05) is 25.5 Å². The molecule has 0 unspecified atom stereocenters. The highest BCUT2D eigenvalue weighted by Crippen LogP contribution is 2.18. The second-order valence-electron chi connectivity index (χ2n) is 6.17. The van der Waals surface area contributed by atoms with Crippen LogP contribution in [0.3, 0.4) is 0 Å². The van der Waals surface area contributed by atoms with Crippen molar-refractivity contribution in [1.29, 1.82) is 0 Å². The van der Waals surface area contributed by atoms with Crippen molar-refractivity contribution in [3.8, 4) is 0 Å². The fourth-order valence-corrected chi connectivity index (χ4v) is 2.87. The number of rotatable bonds is 4. The van der Waals surface area contributed by atoms with Crippen molar-refractivity contribution in [3.63, 3.8) is 0 Å². The standard InChI is InChI=1S/C18H21N5O2/c1-13-9-21-16(11-20-13)18(25)23-8-4-5-14(12-23)17(24)22-10-15-6-2-3-7-19-15/h2-3,6-7,9,11,14H,4-5,8,10,12H2,1H3,(H,22,24)/t14-/m0/s1. The van der Waals surface area contributed by atoms with Crippen molar-refractivity contribution in [2.75, 3.05) is 13.1 Å². The zero-order valence-corrected chi connectivity index (χ0v) is 14.2. The first kappa shape index (κ1) is 17.0. The van der Waals surface area contributed by atoms with E-state index >= 15 is 0 Å². The molecular weight excluding hydrogens is 318 g/mol. The van der Waals surface area contributed by atoms with Gasteiger partial charge in [-0.25, -0.2) is 4.98 Å². The second-order valence-corrected chi connectivity index (χ2v) is 6.17. The average molecular weight is 339 g/mol. The molecule has 1 aliphatic heterocycles. The van der Waals surface area contributed by atoms with E-state index in [1.165, 1.54) is 6.20 Å². The van der Waals surface area contributed by atoms with E-state index in [2.05, 4.69) is 20.3 Å². The SMILES string of the molecule is Cc1cnc(C(=O)N2CCC[C@H](C(=O)NCc3ccccn3)C2)cn1. The van der Waals surface area contributed by atoms with Crippen molar-refractivity contribution in [2.45, 2.75) is 26.3 Å². The molecule has 25 heavy (non-hydrogen) atoms. The fourth-order valence-electron chi connectivity index (χ4n) is 2.87. The van der Waals surface area contributed by atoms with Gasteiger partial charge in [0.05, 0.1) is 30.0 Å². The molecule has 1 fully saturated rings. The first-order chi connectivity index (χ1) is 12.1. The number of hydrogen-bond acceptors (Lipinski definition) is 5. The molecule has 1 N–H and O–H groups in total. The lowest BCUT2D eigenvalue weighted by Crippen LogP contribution is -2.45. The quantitative estimate of drug-likeness (QED) is 0.908. The molecule has 3 rings (SSSR count). The van der Waals surface area contributed by atoms with E-state index in [0.29, 0.717) is 25.3 Å². The summed E-state index contributed by atoms with van der Waals surface area (Å²) in [6.45, 7) is 3.26. The molecule has 0 aromatic carbocycles. The number of pyridine rings is 1. The summed E-state index contributed by atoms with van der Waals surface area (Å²) in [5.74, 6) is -0.423. The summed E-state index contributed by atoms with van der Waals surface area (Å²) in [6.07, 6.45) is 6.34. The molecule has 0 bridgehead atoms. The molecule has 130 valence electrons. The largest absolute Gasteiger partial charge is 0.350 e. The van der Waals surface area contributed by atoms with E-state index in [9.17, 15) is 9.59 Å². The van der Waals surface area contributed by atoms with Gasteiger partial charge in [0.25, 0.3) is 5.91 Å². The maximum Gasteiger partial charge on any atom is 0.274 e. The third kappa shape index (κ3) is 4.37. The molecule has 7 nitrogen and oxygen atoms in total. The predicted molar refractivity (Wildman–Crippen MR) is 91.5 cm³/mol. The molecular formula is C18H21N5O2. The van der Waals surface area contributed by atoms with Crippen molar-refractivity contribution in [2.24, 2.45) is 5.92 Å². The predicted octanol–water partition coefficient (Wildman–Crippen LogP) is 1.35. The Morgan fingerprint density at radius 1 is 1.24 bits per heavy atom. The van der Waals surface area contributed by atoms with Crippen LogP contribution >= 0.6 is 0 Å². The van der Waals surface area contributed by atoms with Crippen molar-refractivity contribution < 1.29 is 9.59 Å². The van der Waals surface area contributed by atoms with Crippen LogP contribution in [0.5, 0.6) is 0 Å². The normalized spacial score (nSPS) is 17.2. The lowest BCUT2D eigenvalue weighted by molar-refractivity contribution is -0.126. The fraction of sp³-hybridized carbons (Fsp3) is 0.389. The third-order valence-corrected chi connectivity index (χ3v) is 4.25. The summed E-state index contributed by atoms with van der Waals surface area (Å²) in [5.41, 5.74) is 1.90. The van der Waals surface area contributed by atoms with Crippen LogP contribution in [-0.4, -0.2) is 44.8 Å². The molecule has 0 radical (unpaired) electrons. The molecule has 7 heteroatoms. The summed E-state index contributed by atoms with van der Waals surface area (Å²) in [5, 5.41) is 2.91. The van der Waals surface area contributed by atoms with Crippen LogP contribution in [0.25, 0.3) is 0 Å².